The Bertz CT molecular complexity index is 3020. The maximum atomic E-state index is 13.6. The first-order valence-corrected chi connectivity index (χ1v) is 22.4. The fraction of sp³-hybridized carbons (Fsp3) is 0.180. The van der Waals surface area contributed by atoms with Crippen molar-refractivity contribution in [2.24, 2.45) is 0 Å². The average Bonchev–Trinajstić information content (AvgIpc) is 3.88. The summed E-state index contributed by atoms with van der Waals surface area (Å²) in [6.45, 7) is -3.25. The Kier molecular flexibility index (Phi) is 12.3. The molecule has 0 saturated carbocycles. The molecule has 18 heteroatoms. The highest BCUT2D eigenvalue weighted by Gasteiger charge is 2.51. The van der Waals surface area contributed by atoms with Crippen molar-refractivity contribution < 1.29 is 53.9 Å². The van der Waals surface area contributed by atoms with E-state index in [4.69, 9.17) is 0 Å². The second kappa shape index (κ2) is 17.9. The molecule has 6 aromatic rings. The highest BCUT2D eigenvalue weighted by molar-refractivity contribution is 7.89. The van der Waals surface area contributed by atoms with Gasteiger partial charge in [-0.15, -0.1) is 0 Å². The third-order valence-corrected chi connectivity index (χ3v) is 13.6. The lowest BCUT2D eigenvalue weighted by Crippen LogP contribution is -2.48. The third-order valence-electron chi connectivity index (χ3n) is 12.1. The summed E-state index contributed by atoms with van der Waals surface area (Å²) < 4.78 is 106. The number of carbonyl (C=O) groups excluding carboxylic acids is 4. The number of hydrogen-bond donors (Lipinski definition) is 3. The van der Waals surface area contributed by atoms with Crippen molar-refractivity contribution in [3.05, 3.63) is 179 Å². The minimum Gasteiger partial charge on any atom is -0.346 e. The second-order valence-electron chi connectivity index (χ2n) is 16.1. The van der Waals surface area contributed by atoms with Gasteiger partial charge in [0.15, 0.2) is 0 Å². The van der Waals surface area contributed by atoms with E-state index in [0.717, 1.165) is 16.0 Å². The molecule has 346 valence electrons. The van der Waals surface area contributed by atoms with Crippen LogP contribution in [0.1, 0.15) is 55.8 Å². The molecule has 0 radical (unpaired) electrons. The molecule has 0 fully saturated rings. The molecule has 1 aliphatic heterocycles. The highest BCUT2D eigenvalue weighted by atomic mass is 32.2. The Balaban J connectivity index is 0.000000219. The maximum Gasteiger partial charge on any atom is 0.405 e. The van der Waals surface area contributed by atoms with Crippen LogP contribution in [-0.2, 0) is 30.4 Å². The van der Waals surface area contributed by atoms with Gasteiger partial charge in [-0.3, -0.25) is 19.2 Å². The Morgan fingerprint density at radius 3 is 1.28 bits per heavy atom. The quantitative estimate of drug-likeness (QED) is 0.0868. The Morgan fingerprint density at radius 2 is 0.897 bits per heavy atom. The molecule has 0 aromatic heterocycles. The van der Waals surface area contributed by atoms with Gasteiger partial charge in [-0.2, -0.15) is 31.6 Å². The standard InChI is InChI=1S/C32H24F3N3O5S.C18H13F3N2O/c33-32(34,35)19-36-30(41)31(26-11-5-3-7-22(26)23-8-4-6-12-27(23)31)17-18-37-44(42,43)21-15-13-20(14-16-21)38-28(39)24-9-1-2-10-25(24)29(38)40;19-18(20,21)11-23-16(24)17(9-10-22)14-7-3-1-5-12(14)13-6-2-4-8-15(13)17/h1-16,37H,17-19H2,(H,36,41);1-8H,9,11H2,(H,23,24). The molecule has 6 aromatic carbocycles. The van der Waals surface area contributed by atoms with Crippen molar-refractivity contribution in [2.45, 2.75) is 40.9 Å². The zero-order chi connectivity index (χ0) is 48.6. The molecule has 3 aliphatic rings. The minimum atomic E-state index is -4.64. The Morgan fingerprint density at radius 1 is 0.544 bits per heavy atom. The van der Waals surface area contributed by atoms with Crippen molar-refractivity contribution in [1.29, 1.82) is 5.26 Å². The number of rotatable bonds is 11. The molecule has 4 amide bonds. The number of carbonyl (C=O) groups is 4. The molecule has 3 N–H and O–H groups in total. The first kappa shape index (κ1) is 46.9. The summed E-state index contributed by atoms with van der Waals surface area (Å²) in [6.07, 6.45) is -9.56. The number of nitrogens with one attached hydrogen (secondary N) is 3. The average molecular weight is 950 g/mol. The molecule has 0 atom stereocenters. The molecule has 9 rings (SSSR count). The van der Waals surface area contributed by atoms with E-state index in [1.54, 1.807) is 97.1 Å². The molecule has 11 nitrogen and oxygen atoms in total. The van der Waals surface area contributed by atoms with Gasteiger partial charge < -0.3 is 10.6 Å². The van der Waals surface area contributed by atoms with E-state index in [1.807, 2.05) is 28.8 Å². The zero-order valence-electron chi connectivity index (χ0n) is 35.4. The number of sulfonamides is 1. The van der Waals surface area contributed by atoms with Crippen molar-refractivity contribution >= 4 is 39.3 Å². The van der Waals surface area contributed by atoms with Gasteiger partial charge in [0.2, 0.25) is 21.8 Å². The van der Waals surface area contributed by atoms with E-state index in [9.17, 15) is 59.2 Å². The summed E-state index contributed by atoms with van der Waals surface area (Å²) in [5.74, 6) is -2.74. The van der Waals surface area contributed by atoms with E-state index < -0.39 is 69.9 Å². The SMILES string of the molecule is N#CCC1(C(=O)NCC(F)(F)F)c2ccccc2-c2ccccc21.O=C1c2ccccc2C(=O)N1c1ccc(S(=O)(=O)NCCC2(C(=O)NCC(F)(F)F)c3ccccc3-c3ccccc32)cc1. The number of nitrogens with zero attached hydrogens (tertiary/aromatic N) is 2. The minimum absolute atomic E-state index is 0.166. The predicted molar refractivity (Wildman–Crippen MR) is 238 cm³/mol. The van der Waals surface area contributed by atoms with Gasteiger partial charge in [0.05, 0.1) is 34.2 Å². The van der Waals surface area contributed by atoms with Gasteiger partial charge in [0.1, 0.15) is 23.9 Å². The Hall–Kier alpha value is -7.62. The van der Waals surface area contributed by atoms with Gasteiger partial charge >= 0.3 is 12.4 Å². The van der Waals surface area contributed by atoms with Crippen molar-refractivity contribution in [3.63, 3.8) is 0 Å². The van der Waals surface area contributed by atoms with Crippen LogP contribution < -0.4 is 20.3 Å². The largest absolute Gasteiger partial charge is 0.405 e. The van der Waals surface area contributed by atoms with Crippen molar-refractivity contribution in [1.82, 2.24) is 15.4 Å². The topological polar surface area (TPSA) is 166 Å². The highest BCUT2D eigenvalue weighted by Crippen LogP contribution is 2.52. The smallest absolute Gasteiger partial charge is 0.346 e. The number of hydrogen-bond acceptors (Lipinski definition) is 7. The van der Waals surface area contributed by atoms with Crippen LogP contribution in [0.3, 0.4) is 0 Å². The first-order valence-electron chi connectivity index (χ1n) is 20.9. The molecule has 2 aliphatic carbocycles. The number of halogens is 6. The van der Waals surface area contributed by atoms with E-state index in [2.05, 4.69) is 4.72 Å². The van der Waals surface area contributed by atoms with Gasteiger partial charge in [-0.1, -0.05) is 109 Å². The fourth-order valence-corrected chi connectivity index (χ4v) is 10.3. The summed E-state index contributed by atoms with van der Waals surface area (Å²) >= 11 is 0. The molecule has 0 saturated heterocycles. The van der Waals surface area contributed by atoms with Crippen LogP contribution in [0, 0.1) is 11.3 Å². The number of imide groups is 1. The Labute approximate surface area is 385 Å². The zero-order valence-corrected chi connectivity index (χ0v) is 36.2. The monoisotopic (exact) mass is 949 g/mol. The van der Waals surface area contributed by atoms with E-state index in [1.165, 1.54) is 36.4 Å². The number of benzene rings is 6. The number of fused-ring (bicyclic) bond motifs is 7. The third kappa shape index (κ3) is 8.39. The number of alkyl halides is 6. The molecule has 0 spiro atoms. The lowest BCUT2D eigenvalue weighted by atomic mass is 9.74. The van der Waals surface area contributed by atoms with E-state index >= 15 is 0 Å². The van der Waals surface area contributed by atoms with Gasteiger partial charge in [-0.05, 0) is 87.3 Å². The van der Waals surface area contributed by atoms with Crippen LogP contribution in [0.2, 0.25) is 0 Å². The number of nitriles is 1. The van der Waals surface area contributed by atoms with Gasteiger partial charge in [-0.25, -0.2) is 18.0 Å². The molecular weight excluding hydrogens is 913 g/mol. The summed E-state index contributed by atoms with van der Waals surface area (Å²) in [6, 6.07) is 41.3. The fourth-order valence-electron chi connectivity index (χ4n) is 9.23. The van der Waals surface area contributed by atoms with Crippen LogP contribution in [0.15, 0.2) is 150 Å². The van der Waals surface area contributed by atoms with Crippen LogP contribution in [0.4, 0.5) is 32.0 Å². The van der Waals surface area contributed by atoms with Gasteiger partial charge in [0.25, 0.3) is 11.8 Å². The molecule has 0 bridgehead atoms. The van der Waals surface area contributed by atoms with Crippen molar-refractivity contribution in [3.8, 4) is 28.3 Å². The molecule has 68 heavy (non-hydrogen) atoms. The molecule has 0 unspecified atom stereocenters. The summed E-state index contributed by atoms with van der Waals surface area (Å²) in [5, 5.41) is 13.2. The number of anilines is 1. The van der Waals surface area contributed by atoms with Crippen LogP contribution >= 0.6 is 0 Å². The lowest BCUT2D eigenvalue weighted by Gasteiger charge is -2.31. The van der Waals surface area contributed by atoms with Crippen LogP contribution in [0.25, 0.3) is 22.3 Å². The summed E-state index contributed by atoms with van der Waals surface area (Å²) in [4.78, 5) is 52.8. The summed E-state index contributed by atoms with van der Waals surface area (Å²) in [5.41, 5.74) is 2.65. The van der Waals surface area contributed by atoms with E-state index in [-0.39, 0.29) is 41.1 Å². The second-order valence-corrected chi connectivity index (χ2v) is 17.8. The summed E-state index contributed by atoms with van der Waals surface area (Å²) in [7, 11) is -4.17. The normalized spacial score (nSPS) is 14.9. The lowest BCUT2D eigenvalue weighted by molar-refractivity contribution is -0.141. The maximum absolute atomic E-state index is 13.6. The van der Waals surface area contributed by atoms with E-state index in [0.29, 0.717) is 33.4 Å². The van der Waals surface area contributed by atoms with Crippen LogP contribution in [-0.4, -0.2) is 64.0 Å². The molecular formula is C50H37F6N5O6S. The van der Waals surface area contributed by atoms with Crippen molar-refractivity contribution in [2.75, 3.05) is 24.5 Å². The number of amides is 4. The first-order chi connectivity index (χ1) is 32.3. The van der Waals surface area contributed by atoms with Crippen LogP contribution in [0.5, 0.6) is 0 Å². The molecule has 1 heterocycles. The predicted octanol–water partition coefficient (Wildman–Crippen LogP) is 8.35. The van der Waals surface area contributed by atoms with Gasteiger partial charge in [0, 0.05) is 6.54 Å².